The van der Waals surface area contributed by atoms with Crippen LogP contribution in [0.2, 0.25) is 0 Å². The fraction of sp³-hybridized carbons (Fsp3) is 0. The average molecular weight is 396 g/mol. The zero-order chi connectivity index (χ0) is 16.9. The van der Waals surface area contributed by atoms with Crippen molar-refractivity contribution in [2.24, 2.45) is 0 Å². The number of nitrogens with zero attached hydrogens (tertiary/aromatic N) is 1. The predicted octanol–water partition coefficient (Wildman–Crippen LogP) is 3.59. The molecule has 2 radical (unpaired) electrons. The van der Waals surface area contributed by atoms with Crippen molar-refractivity contribution in [1.29, 1.82) is 0 Å². The van der Waals surface area contributed by atoms with Gasteiger partial charge in [-0.25, -0.2) is 12.4 Å². The molecule has 6 heteroatoms. The summed E-state index contributed by atoms with van der Waals surface area (Å²) in [5.74, 6) is 0. The third-order valence-electron chi connectivity index (χ3n) is 3.99. The van der Waals surface area contributed by atoms with Gasteiger partial charge < -0.3 is 0 Å². The molecule has 0 aliphatic rings. The monoisotopic (exact) mass is 395 g/mol. The Hall–Kier alpha value is -2.05. The van der Waals surface area contributed by atoms with Crippen LogP contribution < -0.4 is 5.46 Å². The summed E-state index contributed by atoms with van der Waals surface area (Å²) in [5, 5.41) is 1.65. The Balaban J connectivity index is 2.19. The molecule has 0 fully saturated rings. The van der Waals surface area contributed by atoms with Crippen molar-refractivity contribution in [3.63, 3.8) is 0 Å². The van der Waals surface area contributed by atoms with E-state index >= 15 is 0 Å². The molecule has 116 valence electrons. The maximum absolute atomic E-state index is 13.2. The van der Waals surface area contributed by atoms with Crippen molar-refractivity contribution in [3.8, 4) is 0 Å². The van der Waals surface area contributed by atoms with Crippen molar-refractivity contribution in [3.05, 3.63) is 71.2 Å². The number of hydrogen-bond donors (Lipinski definition) is 0. The van der Waals surface area contributed by atoms with Gasteiger partial charge in [-0.3, -0.25) is 0 Å². The van der Waals surface area contributed by atoms with Gasteiger partial charge in [0, 0.05) is 15.2 Å². The standard InChI is InChI=1S/C18H11BBrNO2S/c19-12-6-8-17-15(10-12)16-11-13(20)7-9-18(16)21(17)24(22,23)14-4-2-1-3-5-14/h1-11H. The molecule has 1 heterocycles. The Bertz CT molecular complexity index is 1120. The van der Waals surface area contributed by atoms with E-state index < -0.39 is 10.0 Å². The van der Waals surface area contributed by atoms with E-state index in [9.17, 15) is 8.42 Å². The Morgan fingerprint density at radius 1 is 0.833 bits per heavy atom. The lowest BCUT2D eigenvalue weighted by Gasteiger charge is -2.09. The van der Waals surface area contributed by atoms with Gasteiger partial charge in [0.2, 0.25) is 0 Å². The SMILES string of the molecule is [B]c1ccc2c(c1)c1cc(Br)ccc1n2S(=O)(=O)c1ccccc1. The molecule has 24 heavy (non-hydrogen) atoms. The molecule has 0 saturated carbocycles. The quantitative estimate of drug-likeness (QED) is 0.486. The van der Waals surface area contributed by atoms with E-state index in [1.54, 1.807) is 54.6 Å². The number of fused-ring (bicyclic) bond motifs is 3. The summed E-state index contributed by atoms with van der Waals surface area (Å²) in [5.41, 5.74) is 1.84. The van der Waals surface area contributed by atoms with Crippen LogP contribution in [0.1, 0.15) is 0 Å². The molecular weight excluding hydrogens is 385 g/mol. The van der Waals surface area contributed by atoms with Crippen molar-refractivity contribution in [2.75, 3.05) is 0 Å². The summed E-state index contributed by atoms with van der Waals surface area (Å²) in [7, 11) is 2.20. The van der Waals surface area contributed by atoms with E-state index in [4.69, 9.17) is 7.85 Å². The second-order valence-corrected chi connectivity index (χ2v) is 8.22. The van der Waals surface area contributed by atoms with Crippen LogP contribution in [0.25, 0.3) is 21.8 Å². The second-order valence-electron chi connectivity index (χ2n) is 5.52. The van der Waals surface area contributed by atoms with E-state index in [0.717, 1.165) is 15.2 Å². The van der Waals surface area contributed by atoms with Gasteiger partial charge >= 0.3 is 0 Å². The minimum Gasteiger partial charge on any atom is -0.233 e. The van der Waals surface area contributed by atoms with Crippen LogP contribution in [0.5, 0.6) is 0 Å². The van der Waals surface area contributed by atoms with E-state index in [2.05, 4.69) is 15.9 Å². The number of rotatable bonds is 2. The third kappa shape index (κ3) is 2.29. The summed E-state index contributed by atoms with van der Waals surface area (Å²) in [4.78, 5) is 0.253. The van der Waals surface area contributed by atoms with Crippen LogP contribution in [-0.4, -0.2) is 20.2 Å². The molecule has 1 aromatic heterocycles. The molecule has 0 spiro atoms. The molecule has 0 saturated heterocycles. The lowest BCUT2D eigenvalue weighted by atomic mass is 9.94. The van der Waals surface area contributed by atoms with Crippen LogP contribution in [0.4, 0.5) is 0 Å². The Morgan fingerprint density at radius 2 is 1.46 bits per heavy atom. The summed E-state index contributed by atoms with van der Waals surface area (Å²) in [6.07, 6.45) is 0. The maximum atomic E-state index is 13.2. The first kappa shape index (κ1) is 15.5. The minimum absolute atomic E-state index is 0.253. The first-order valence-electron chi connectivity index (χ1n) is 7.28. The van der Waals surface area contributed by atoms with Gasteiger partial charge in [0.15, 0.2) is 0 Å². The molecule has 0 atom stereocenters. The van der Waals surface area contributed by atoms with Gasteiger partial charge in [-0.1, -0.05) is 51.7 Å². The normalized spacial score (nSPS) is 12.0. The molecule has 0 aliphatic heterocycles. The van der Waals surface area contributed by atoms with Crippen LogP contribution in [0, 0.1) is 0 Å². The summed E-state index contributed by atoms with van der Waals surface area (Å²) >= 11 is 3.45. The van der Waals surface area contributed by atoms with Gasteiger partial charge in [0.25, 0.3) is 10.0 Å². The summed E-state index contributed by atoms with van der Waals surface area (Å²) in [6, 6.07) is 19.2. The summed E-state index contributed by atoms with van der Waals surface area (Å²) in [6.45, 7) is 0. The molecule has 4 aromatic rings. The second kappa shape index (κ2) is 5.50. The first-order valence-corrected chi connectivity index (χ1v) is 9.51. The number of halogens is 1. The fourth-order valence-corrected chi connectivity index (χ4v) is 4.84. The molecule has 3 aromatic carbocycles. The van der Waals surface area contributed by atoms with Gasteiger partial charge in [-0.15, -0.1) is 0 Å². The van der Waals surface area contributed by atoms with Gasteiger partial charge in [0.05, 0.1) is 15.9 Å². The molecule has 3 nitrogen and oxygen atoms in total. The maximum Gasteiger partial charge on any atom is 0.268 e. The Labute approximate surface area is 149 Å². The highest BCUT2D eigenvalue weighted by Gasteiger charge is 2.23. The number of aromatic nitrogens is 1. The van der Waals surface area contributed by atoms with E-state index in [1.165, 1.54) is 3.97 Å². The van der Waals surface area contributed by atoms with Gasteiger partial charge in [-0.2, -0.15) is 0 Å². The smallest absolute Gasteiger partial charge is 0.233 e. The number of hydrogen-bond acceptors (Lipinski definition) is 2. The van der Waals surface area contributed by atoms with Crippen molar-refractivity contribution < 1.29 is 8.42 Å². The van der Waals surface area contributed by atoms with Crippen molar-refractivity contribution in [1.82, 2.24) is 3.97 Å². The van der Waals surface area contributed by atoms with Crippen molar-refractivity contribution >= 4 is 61.1 Å². The highest BCUT2D eigenvalue weighted by Crippen LogP contribution is 2.33. The van der Waals surface area contributed by atoms with Crippen molar-refractivity contribution in [2.45, 2.75) is 4.90 Å². The largest absolute Gasteiger partial charge is 0.268 e. The van der Waals surface area contributed by atoms with Gasteiger partial charge in [0.1, 0.15) is 7.85 Å². The molecule has 0 unspecified atom stereocenters. The third-order valence-corrected chi connectivity index (χ3v) is 6.22. The topological polar surface area (TPSA) is 39.1 Å². The summed E-state index contributed by atoms with van der Waals surface area (Å²) < 4.78 is 28.7. The number of benzene rings is 3. The highest BCUT2D eigenvalue weighted by molar-refractivity contribution is 9.10. The first-order chi connectivity index (χ1) is 11.5. The van der Waals surface area contributed by atoms with Crippen LogP contribution in [0.3, 0.4) is 0 Å². The van der Waals surface area contributed by atoms with E-state index in [1.807, 2.05) is 12.1 Å². The molecule has 0 amide bonds. The molecular formula is C18H11BBrNO2S. The van der Waals surface area contributed by atoms with Crippen LogP contribution >= 0.6 is 15.9 Å². The van der Waals surface area contributed by atoms with Crippen LogP contribution in [0.15, 0.2) is 76.1 Å². The van der Waals surface area contributed by atoms with Gasteiger partial charge in [-0.05, 0) is 36.4 Å². The van der Waals surface area contributed by atoms with E-state index in [-0.39, 0.29) is 4.90 Å². The van der Waals surface area contributed by atoms with E-state index in [0.29, 0.717) is 16.5 Å². The molecule has 0 aliphatic carbocycles. The fourth-order valence-electron chi connectivity index (χ4n) is 2.93. The van der Waals surface area contributed by atoms with Crippen LogP contribution in [-0.2, 0) is 10.0 Å². The Morgan fingerprint density at radius 3 is 2.17 bits per heavy atom. The zero-order valence-corrected chi connectivity index (χ0v) is 14.9. The highest BCUT2D eigenvalue weighted by atomic mass is 79.9. The zero-order valence-electron chi connectivity index (χ0n) is 12.5. The molecule has 0 bridgehead atoms. The minimum atomic E-state index is -3.71. The lowest BCUT2D eigenvalue weighted by molar-refractivity contribution is 0.590. The lowest BCUT2D eigenvalue weighted by Crippen LogP contribution is -2.13. The Kier molecular flexibility index (Phi) is 3.55. The molecule has 0 N–H and O–H groups in total. The predicted molar refractivity (Wildman–Crippen MR) is 102 cm³/mol. The average Bonchev–Trinajstić information content (AvgIpc) is 2.89. The molecule has 4 rings (SSSR count).